The zero-order chi connectivity index (χ0) is 15.7. The van der Waals surface area contributed by atoms with Crippen LogP contribution in [0.1, 0.15) is 49.6 Å². The topological polar surface area (TPSA) is 70.8 Å². The summed E-state index contributed by atoms with van der Waals surface area (Å²) in [5.74, 6) is -0.283. The molecule has 1 amide bonds. The van der Waals surface area contributed by atoms with Crippen molar-refractivity contribution in [1.29, 1.82) is 0 Å². The minimum atomic E-state index is -1.02. The molecular weight excluding hydrogens is 258 g/mol. The number of aryl methyl sites for hydroxylation is 1. The Balaban J connectivity index is 2.81. The number of carbonyl (C=O) groups is 2. The third-order valence-electron chi connectivity index (χ3n) is 3.64. The van der Waals surface area contributed by atoms with Gasteiger partial charge in [0.25, 0.3) is 0 Å². The van der Waals surface area contributed by atoms with Crippen molar-refractivity contribution in [3.05, 3.63) is 23.2 Å². The van der Waals surface area contributed by atoms with Crippen molar-refractivity contribution in [2.24, 2.45) is 11.3 Å². The van der Waals surface area contributed by atoms with E-state index in [4.69, 9.17) is 9.52 Å². The Hall–Kier alpha value is -1.78. The minimum absolute atomic E-state index is 0.0171. The number of aromatic carboxylic acids is 1. The van der Waals surface area contributed by atoms with Gasteiger partial charge in [0, 0.05) is 13.0 Å². The summed E-state index contributed by atoms with van der Waals surface area (Å²) in [6, 6.07) is 1.48. The summed E-state index contributed by atoms with van der Waals surface area (Å²) >= 11 is 0. The Kier molecular flexibility index (Phi) is 4.63. The zero-order valence-electron chi connectivity index (χ0n) is 13.0. The van der Waals surface area contributed by atoms with Crippen molar-refractivity contribution in [2.45, 2.75) is 41.2 Å². The molecule has 0 aliphatic heterocycles. The van der Waals surface area contributed by atoms with E-state index in [1.165, 1.54) is 6.07 Å². The van der Waals surface area contributed by atoms with Gasteiger partial charge in [0.2, 0.25) is 5.91 Å². The maximum absolute atomic E-state index is 12.3. The lowest BCUT2D eigenvalue weighted by Crippen LogP contribution is -2.37. The van der Waals surface area contributed by atoms with Crippen LogP contribution in [0.25, 0.3) is 0 Å². The fourth-order valence-corrected chi connectivity index (χ4v) is 1.85. The van der Waals surface area contributed by atoms with Gasteiger partial charge in [0.15, 0.2) is 0 Å². The molecule has 0 fully saturated rings. The van der Waals surface area contributed by atoms with Crippen LogP contribution in [0.5, 0.6) is 0 Å². The second kappa shape index (κ2) is 5.69. The van der Waals surface area contributed by atoms with Gasteiger partial charge in [-0.2, -0.15) is 0 Å². The van der Waals surface area contributed by atoms with E-state index >= 15 is 0 Å². The minimum Gasteiger partial charge on any atom is -0.478 e. The summed E-state index contributed by atoms with van der Waals surface area (Å²) in [5, 5.41) is 8.98. The number of hydrogen-bond acceptors (Lipinski definition) is 3. The fourth-order valence-electron chi connectivity index (χ4n) is 1.85. The van der Waals surface area contributed by atoms with Gasteiger partial charge >= 0.3 is 5.97 Å². The van der Waals surface area contributed by atoms with Crippen LogP contribution < -0.4 is 0 Å². The van der Waals surface area contributed by atoms with Crippen LogP contribution >= 0.6 is 0 Å². The molecule has 0 aliphatic carbocycles. The van der Waals surface area contributed by atoms with Crippen molar-refractivity contribution < 1.29 is 19.1 Å². The van der Waals surface area contributed by atoms with Crippen molar-refractivity contribution in [2.75, 3.05) is 7.05 Å². The molecule has 5 heteroatoms. The van der Waals surface area contributed by atoms with Crippen LogP contribution in [0.15, 0.2) is 10.5 Å². The summed E-state index contributed by atoms with van der Waals surface area (Å²) in [5.41, 5.74) is 0.0288. The highest BCUT2D eigenvalue weighted by Gasteiger charge is 2.29. The molecule has 0 saturated heterocycles. The lowest BCUT2D eigenvalue weighted by molar-refractivity contribution is -0.137. The standard InChI is InChI=1S/C15H23NO4/c1-9(15(3,4)5)13(17)16(6)8-11-7-12(14(18)19)10(2)20-11/h7,9H,8H2,1-6H3,(H,18,19). The highest BCUT2D eigenvalue weighted by atomic mass is 16.4. The monoisotopic (exact) mass is 281 g/mol. The SMILES string of the molecule is Cc1oc(CN(C)C(=O)C(C)C(C)(C)C)cc1C(=O)O. The Labute approximate surface area is 119 Å². The lowest BCUT2D eigenvalue weighted by Gasteiger charge is -2.29. The molecule has 0 bridgehead atoms. The summed E-state index contributed by atoms with van der Waals surface area (Å²) < 4.78 is 5.39. The number of carboxylic acid groups (broad SMARTS) is 1. The third kappa shape index (κ3) is 3.62. The van der Waals surface area contributed by atoms with Crippen molar-refractivity contribution in [3.63, 3.8) is 0 Å². The molecule has 0 spiro atoms. The molecule has 5 nitrogen and oxygen atoms in total. The first-order valence-corrected chi connectivity index (χ1v) is 6.61. The number of rotatable bonds is 4. The van der Waals surface area contributed by atoms with Gasteiger partial charge < -0.3 is 14.4 Å². The molecule has 1 N–H and O–H groups in total. The number of nitrogens with zero attached hydrogens (tertiary/aromatic N) is 1. The average Bonchev–Trinajstić information content (AvgIpc) is 2.67. The molecule has 0 aliphatic rings. The Morgan fingerprint density at radius 3 is 2.35 bits per heavy atom. The number of carbonyl (C=O) groups excluding carboxylic acids is 1. The first kappa shape index (κ1) is 16.3. The van der Waals surface area contributed by atoms with Gasteiger partial charge in [-0.25, -0.2) is 4.79 Å². The molecule has 1 aromatic rings. The first-order chi connectivity index (χ1) is 9.04. The number of carboxylic acids is 1. The molecule has 0 aromatic carbocycles. The van der Waals surface area contributed by atoms with Gasteiger partial charge in [-0.05, 0) is 18.4 Å². The van der Waals surface area contributed by atoms with E-state index in [1.54, 1.807) is 18.9 Å². The molecule has 0 radical (unpaired) electrons. The maximum atomic E-state index is 12.3. The van der Waals surface area contributed by atoms with Gasteiger partial charge in [-0.3, -0.25) is 4.79 Å². The molecule has 1 unspecified atom stereocenters. The molecule has 0 saturated carbocycles. The van der Waals surface area contributed by atoms with E-state index in [2.05, 4.69) is 0 Å². The van der Waals surface area contributed by atoms with Gasteiger partial charge in [0.05, 0.1) is 6.54 Å². The van der Waals surface area contributed by atoms with Crippen molar-refractivity contribution >= 4 is 11.9 Å². The smallest absolute Gasteiger partial charge is 0.339 e. The second-order valence-corrected chi connectivity index (χ2v) is 6.27. The molecule has 1 heterocycles. The average molecular weight is 281 g/mol. The predicted molar refractivity (Wildman–Crippen MR) is 75.5 cm³/mol. The van der Waals surface area contributed by atoms with Gasteiger partial charge in [-0.1, -0.05) is 27.7 Å². The van der Waals surface area contributed by atoms with Crippen LogP contribution in [0, 0.1) is 18.3 Å². The van der Waals surface area contributed by atoms with E-state index in [0.717, 1.165) is 0 Å². The van der Waals surface area contributed by atoms with Gasteiger partial charge in [-0.15, -0.1) is 0 Å². The fraction of sp³-hybridized carbons (Fsp3) is 0.600. The number of furan rings is 1. The van der Waals surface area contributed by atoms with E-state index in [0.29, 0.717) is 11.5 Å². The number of amides is 1. The van der Waals surface area contributed by atoms with Crippen LogP contribution in [0.2, 0.25) is 0 Å². The Morgan fingerprint density at radius 2 is 1.95 bits per heavy atom. The highest BCUT2D eigenvalue weighted by molar-refractivity contribution is 5.88. The van der Waals surface area contributed by atoms with E-state index < -0.39 is 5.97 Å². The van der Waals surface area contributed by atoms with E-state index in [9.17, 15) is 9.59 Å². The molecule has 1 rings (SSSR count). The quantitative estimate of drug-likeness (QED) is 0.921. The molecule has 1 atom stereocenters. The normalized spacial score (nSPS) is 13.1. The Morgan fingerprint density at radius 1 is 1.40 bits per heavy atom. The number of hydrogen-bond donors (Lipinski definition) is 1. The van der Waals surface area contributed by atoms with Crippen molar-refractivity contribution in [1.82, 2.24) is 4.90 Å². The second-order valence-electron chi connectivity index (χ2n) is 6.27. The first-order valence-electron chi connectivity index (χ1n) is 6.61. The zero-order valence-corrected chi connectivity index (χ0v) is 13.0. The highest BCUT2D eigenvalue weighted by Crippen LogP contribution is 2.27. The van der Waals surface area contributed by atoms with Crippen molar-refractivity contribution in [3.8, 4) is 0 Å². The lowest BCUT2D eigenvalue weighted by atomic mass is 9.81. The summed E-state index contributed by atoms with van der Waals surface area (Å²) in [7, 11) is 1.70. The molecule has 112 valence electrons. The summed E-state index contributed by atoms with van der Waals surface area (Å²) in [6.07, 6.45) is 0. The predicted octanol–water partition coefficient (Wildman–Crippen LogP) is 2.93. The molecule has 1 aromatic heterocycles. The van der Waals surface area contributed by atoms with Gasteiger partial charge in [0.1, 0.15) is 17.1 Å². The summed E-state index contributed by atoms with van der Waals surface area (Å²) in [6.45, 7) is 9.82. The Bertz CT molecular complexity index is 510. The van der Waals surface area contributed by atoms with E-state index in [-0.39, 0.29) is 29.3 Å². The van der Waals surface area contributed by atoms with Crippen LogP contribution in [-0.2, 0) is 11.3 Å². The van der Waals surface area contributed by atoms with Crippen LogP contribution in [-0.4, -0.2) is 28.9 Å². The van der Waals surface area contributed by atoms with Crippen LogP contribution in [0.3, 0.4) is 0 Å². The maximum Gasteiger partial charge on any atom is 0.339 e. The van der Waals surface area contributed by atoms with Crippen LogP contribution in [0.4, 0.5) is 0 Å². The largest absolute Gasteiger partial charge is 0.478 e. The molecule has 20 heavy (non-hydrogen) atoms. The van der Waals surface area contributed by atoms with E-state index in [1.807, 2.05) is 27.7 Å². The molecular formula is C15H23NO4. The third-order valence-corrected chi connectivity index (χ3v) is 3.64. The summed E-state index contributed by atoms with van der Waals surface area (Å²) in [4.78, 5) is 24.8.